The molecular weight excluding hydrogens is 306 g/mol. The molecule has 1 heterocycles. The first-order valence-corrected chi connectivity index (χ1v) is 8.34. The predicted octanol–water partition coefficient (Wildman–Crippen LogP) is 3.85. The maximum absolute atomic E-state index is 12.2. The van der Waals surface area contributed by atoms with Crippen molar-refractivity contribution in [2.45, 2.75) is 19.4 Å². The lowest BCUT2D eigenvalue weighted by molar-refractivity contribution is 0.0557. The van der Waals surface area contributed by atoms with Gasteiger partial charge in [-0.15, -0.1) is 11.3 Å². The largest absolute Gasteiger partial charge is 0.383 e. The average molecular weight is 325 g/mol. The lowest BCUT2D eigenvalue weighted by atomic mass is 10.0. The van der Waals surface area contributed by atoms with Gasteiger partial charge in [0.15, 0.2) is 0 Å². The molecule has 1 unspecified atom stereocenters. The highest BCUT2D eigenvalue weighted by molar-refractivity contribution is 7.19. The van der Waals surface area contributed by atoms with E-state index in [1.807, 2.05) is 49.4 Å². The molecule has 0 spiro atoms. The van der Waals surface area contributed by atoms with Crippen LogP contribution in [0.15, 0.2) is 54.6 Å². The summed E-state index contributed by atoms with van der Waals surface area (Å²) in [6.07, 6.45) is 0. The average Bonchev–Trinajstić information content (AvgIpc) is 2.98. The molecule has 0 fully saturated rings. The number of carbonyl (C=O) groups is 1. The van der Waals surface area contributed by atoms with E-state index in [1.54, 1.807) is 30.4 Å². The third kappa shape index (κ3) is 3.44. The Hall–Kier alpha value is -2.17. The zero-order valence-electron chi connectivity index (χ0n) is 13.2. The SMILES string of the molecule is Cc1ccc(C(=O)NCC(C)(O)c2cc3ccccc3s2)cc1. The van der Waals surface area contributed by atoms with Gasteiger partial charge in [-0.2, -0.15) is 0 Å². The third-order valence-electron chi connectivity index (χ3n) is 3.86. The van der Waals surface area contributed by atoms with Gasteiger partial charge in [-0.1, -0.05) is 35.9 Å². The van der Waals surface area contributed by atoms with Crippen LogP contribution in [-0.4, -0.2) is 17.6 Å². The number of amides is 1. The second kappa shape index (κ2) is 6.14. The number of benzene rings is 2. The number of hydrogen-bond acceptors (Lipinski definition) is 3. The number of fused-ring (bicyclic) bond motifs is 1. The van der Waals surface area contributed by atoms with Crippen LogP contribution in [0, 0.1) is 6.92 Å². The number of carbonyl (C=O) groups excluding carboxylic acids is 1. The lowest BCUT2D eigenvalue weighted by Gasteiger charge is -2.22. The van der Waals surface area contributed by atoms with Gasteiger partial charge in [0.05, 0.1) is 6.54 Å². The van der Waals surface area contributed by atoms with E-state index in [2.05, 4.69) is 5.32 Å². The van der Waals surface area contributed by atoms with E-state index in [1.165, 1.54) is 0 Å². The summed E-state index contributed by atoms with van der Waals surface area (Å²) in [6.45, 7) is 3.88. The molecule has 2 aromatic carbocycles. The first-order chi connectivity index (χ1) is 11.0. The number of nitrogens with one attached hydrogen (secondary N) is 1. The van der Waals surface area contributed by atoms with Crippen molar-refractivity contribution in [3.8, 4) is 0 Å². The highest BCUT2D eigenvalue weighted by atomic mass is 32.1. The van der Waals surface area contributed by atoms with Crippen molar-refractivity contribution in [2.75, 3.05) is 6.54 Å². The van der Waals surface area contributed by atoms with Crippen molar-refractivity contribution < 1.29 is 9.90 Å². The van der Waals surface area contributed by atoms with Crippen LogP contribution in [0.5, 0.6) is 0 Å². The molecule has 0 aliphatic rings. The highest BCUT2D eigenvalue weighted by Gasteiger charge is 2.26. The van der Waals surface area contributed by atoms with Gasteiger partial charge in [-0.3, -0.25) is 4.79 Å². The third-order valence-corrected chi connectivity index (χ3v) is 5.23. The van der Waals surface area contributed by atoms with Gasteiger partial charge in [0.25, 0.3) is 5.91 Å². The summed E-state index contributed by atoms with van der Waals surface area (Å²) in [7, 11) is 0. The summed E-state index contributed by atoms with van der Waals surface area (Å²) >= 11 is 1.55. The molecular formula is C19H19NO2S. The number of rotatable bonds is 4. The molecule has 2 N–H and O–H groups in total. The van der Waals surface area contributed by atoms with Gasteiger partial charge in [0, 0.05) is 15.1 Å². The molecule has 23 heavy (non-hydrogen) atoms. The van der Waals surface area contributed by atoms with Gasteiger partial charge < -0.3 is 10.4 Å². The normalized spacial score (nSPS) is 13.7. The zero-order chi connectivity index (χ0) is 16.4. The molecule has 0 saturated carbocycles. The topological polar surface area (TPSA) is 49.3 Å². The Kier molecular flexibility index (Phi) is 4.20. The molecule has 0 aliphatic carbocycles. The van der Waals surface area contributed by atoms with Gasteiger partial charge in [0.2, 0.25) is 0 Å². The Morgan fingerprint density at radius 3 is 2.57 bits per heavy atom. The van der Waals surface area contributed by atoms with Crippen molar-refractivity contribution in [1.29, 1.82) is 0 Å². The molecule has 1 aromatic heterocycles. The summed E-state index contributed by atoms with van der Waals surface area (Å²) in [6, 6.07) is 17.4. The first-order valence-electron chi connectivity index (χ1n) is 7.52. The van der Waals surface area contributed by atoms with Crippen molar-refractivity contribution in [2.24, 2.45) is 0 Å². The highest BCUT2D eigenvalue weighted by Crippen LogP contribution is 2.32. The molecule has 1 amide bonds. The van der Waals surface area contributed by atoms with E-state index in [4.69, 9.17) is 0 Å². The van der Waals surface area contributed by atoms with E-state index in [0.717, 1.165) is 20.5 Å². The quantitative estimate of drug-likeness (QED) is 0.765. The minimum atomic E-state index is -1.09. The van der Waals surface area contributed by atoms with Gasteiger partial charge in [-0.25, -0.2) is 0 Å². The van der Waals surface area contributed by atoms with Crippen molar-refractivity contribution in [3.63, 3.8) is 0 Å². The molecule has 3 nitrogen and oxygen atoms in total. The summed E-state index contributed by atoms with van der Waals surface area (Å²) < 4.78 is 1.13. The van der Waals surface area contributed by atoms with Crippen LogP contribution >= 0.6 is 11.3 Å². The molecule has 3 aromatic rings. The Bertz CT molecular complexity index is 801. The standard InChI is InChI=1S/C19H19NO2S/c1-13-7-9-14(10-8-13)18(21)20-12-19(2,22)17-11-15-5-3-4-6-16(15)23-17/h3-11,22H,12H2,1-2H3,(H,20,21). The minimum absolute atomic E-state index is 0.173. The van der Waals surface area contributed by atoms with E-state index < -0.39 is 5.60 Å². The Morgan fingerprint density at radius 1 is 1.17 bits per heavy atom. The zero-order valence-corrected chi connectivity index (χ0v) is 14.0. The molecule has 3 rings (SSSR count). The van der Waals surface area contributed by atoms with Crippen molar-refractivity contribution in [1.82, 2.24) is 5.32 Å². The number of aliphatic hydroxyl groups is 1. The monoisotopic (exact) mass is 325 g/mol. The van der Waals surface area contributed by atoms with Gasteiger partial charge >= 0.3 is 0 Å². The number of aryl methyl sites for hydroxylation is 1. The van der Waals surface area contributed by atoms with E-state index in [-0.39, 0.29) is 12.5 Å². The molecule has 1 atom stereocenters. The fraction of sp³-hybridized carbons (Fsp3) is 0.211. The summed E-state index contributed by atoms with van der Waals surface area (Å²) in [5.41, 5.74) is 0.617. The summed E-state index contributed by atoms with van der Waals surface area (Å²) in [4.78, 5) is 13.0. The fourth-order valence-corrected chi connectivity index (χ4v) is 3.50. The maximum atomic E-state index is 12.2. The Balaban J connectivity index is 1.73. The summed E-state index contributed by atoms with van der Waals surface area (Å²) in [5.74, 6) is -0.175. The van der Waals surface area contributed by atoms with Crippen LogP contribution in [0.4, 0.5) is 0 Å². The lowest BCUT2D eigenvalue weighted by Crippen LogP contribution is -2.38. The number of hydrogen-bond donors (Lipinski definition) is 2. The maximum Gasteiger partial charge on any atom is 0.251 e. The van der Waals surface area contributed by atoms with Crippen molar-refractivity contribution in [3.05, 3.63) is 70.6 Å². The van der Waals surface area contributed by atoms with Gasteiger partial charge in [0.1, 0.15) is 5.60 Å². The van der Waals surface area contributed by atoms with Crippen LogP contribution in [-0.2, 0) is 5.60 Å². The second-order valence-electron chi connectivity index (χ2n) is 5.97. The van der Waals surface area contributed by atoms with E-state index in [0.29, 0.717) is 5.56 Å². The van der Waals surface area contributed by atoms with E-state index in [9.17, 15) is 9.90 Å². The minimum Gasteiger partial charge on any atom is -0.383 e. The smallest absolute Gasteiger partial charge is 0.251 e. The molecule has 0 aliphatic heterocycles. The van der Waals surface area contributed by atoms with Crippen LogP contribution in [0.25, 0.3) is 10.1 Å². The van der Waals surface area contributed by atoms with Crippen LogP contribution in [0.2, 0.25) is 0 Å². The molecule has 0 radical (unpaired) electrons. The number of thiophene rings is 1. The van der Waals surface area contributed by atoms with E-state index >= 15 is 0 Å². The Morgan fingerprint density at radius 2 is 1.87 bits per heavy atom. The van der Waals surface area contributed by atoms with Crippen LogP contribution in [0.3, 0.4) is 0 Å². The Labute approximate surface area is 139 Å². The van der Waals surface area contributed by atoms with Gasteiger partial charge in [-0.05, 0) is 43.5 Å². The van der Waals surface area contributed by atoms with Crippen LogP contribution in [0.1, 0.15) is 27.7 Å². The van der Waals surface area contributed by atoms with Crippen LogP contribution < -0.4 is 5.32 Å². The molecule has 118 valence electrons. The predicted molar refractivity (Wildman–Crippen MR) is 94.9 cm³/mol. The first kappa shape index (κ1) is 15.7. The summed E-state index contributed by atoms with van der Waals surface area (Å²) in [5, 5.41) is 14.7. The molecule has 0 saturated heterocycles. The molecule has 4 heteroatoms. The second-order valence-corrected chi connectivity index (χ2v) is 7.05. The fourth-order valence-electron chi connectivity index (χ4n) is 2.39. The molecule has 0 bridgehead atoms. The van der Waals surface area contributed by atoms with Crippen molar-refractivity contribution >= 4 is 27.3 Å².